The fraction of sp³-hybridized carbons (Fsp3) is 0.524. The molecule has 1 heterocycles. The Bertz CT molecular complexity index is 966. The second kappa shape index (κ2) is 7.73. The van der Waals surface area contributed by atoms with E-state index < -0.39 is 23.3 Å². The van der Waals surface area contributed by atoms with Crippen molar-refractivity contribution in [3.63, 3.8) is 0 Å². The number of benzene rings is 1. The molecular formula is C21H27N3O4. The molecule has 0 bridgehead atoms. The summed E-state index contributed by atoms with van der Waals surface area (Å²) in [5, 5.41) is 17.8. The molecular weight excluding hydrogens is 358 g/mol. The van der Waals surface area contributed by atoms with Crippen LogP contribution >= 0.6 is 0 Å². The van der Waals surface area contributed by atoms with Gasteiger partial charge in [-0.15, -0.1) is 0 Å². The summed E-state index contributed by atoms with van der Waals surface area (Å²) < 4.78 is 1.33. The van der Waals surface area contributed by atoms with Gasteiger partial charge in [-0.05, 0) is 31.7 Å². The zero-order chi connectivity index (χ0) is 20.5. The van der Waals surface area contributed by atoms with Crippen molar-refractivity contribution in [1.82, 2.24) is 15.1 Å². The second-order valence-corrected chi connectivity index (χ2v) is 8.28. The first-order valence-corrected chi connectivity index (χ1v) is 9.78. The average Bonchev–Trinajstić information content (AvgIpc) is 2.63. The topological polar surface area (TPSA) is 101 Å². The van der Waals surface area contributed by atoms with Crippen LogP contribution in [0.1, 0.15) is 56.9 Å². The van der Waals surface area contributed by atoms with Gasteiger partial charge in [0.15, 0.2) is 5.69 Å². The van der Waals surface area contributed by atoms with Crippen LogP contribution in [0.5, 0.6) is 0 Å². The number of rotatable bonds is 5. The zero-order valence-corrected chi connectivity index (χ0v) is 16.6. The Balaban J connectivity index is 2.04. The number of aliphatic carboxylic acids is 1. The quantitative estimate of drug-likeness (QED) is 0.824. The first-order chi connectivity index (χ1) is 13.2. The van der Waals surface area contributed by atoms with E-state index in [1.807, 2.05) is 13.8 Å². The molecule has 2 unspecified atom stereocenters. The summed E-state index contributed by atoms with van der Waals surface area (Å²) in [6.45, 7) is 6.14. The number of carbonyl (C=O) groups is 2. The van der Waals surface area contributed by atoms with Gasteiger partial charge in [-0.2, -0.15) is 5.10 Å². The highest BCUT2D eigenvalue weighted by molar-refractivity contribution is 6.05. The minimum Gasteiger partial charge on any atom is -0.481 e. The third-order valence-corrected chi connectivity index (χ3v) is 5.53. The minimum atomic E-state index is -0.898. The fourth-order valence-corrected chi connectivity index (χ4v) is 4.07. The first-order valence-electron chi connectivity index (χ1n) is 9.78. The zero-order valence-electron chi connectivity index (χ0n) is 16.6. The van der Waals surface area contributed by atoms with Crippen LogP contribution in [0.3, 0.4) is 0 Å². The number of nitrogens with one attached hydrogen (secondary N) is 1. The third kappa shape index (κ3) is 3.79. The summed E-state index contributed by atoms with van der Waals surface area (Å²) in [4.78, 5) is 37.6. The molecule has 7 heteroatoms. The molecule has 1 saturated carbocycles. The molecule has 0 aliphatic heterocycles. The largest absolute Gasteiger partial charge is 0.481 e. The van der Waals surface area contributed by atoms with E-state index in [0.717, 1.165) is 12.8 Å². The number of carboxylic acid groups (broad SMARTS) is 1. The number of carboxylic acids is 1. The maximum absolute atomic E-state index is 13.2. The molecule has 0 saturated heterocycles. The molecule has 2 aromatic rings. The Hall–Kier alpha value is -2.70. The Labute approximate surface area is 163 Å². The highest BCUT2D eigenvalue weighted by atomic mass is 16.4. The van der Waals surface area contributed by atoms with Crippen molar-refractivity contribution in [3.8, 4) is 0 Å². The van der Waals surface area contributed by atoms with Crippen LogP contribution in [0.15, 0.2) is 29.1 Å². The molecule has 0 spiro atoms. The van der Waals surface area contributed by atoms with Crippen molar-refractivity contribution < 1.29 is 14.7 Å². The molecule has 1 fully saturated rings. The molecule has 0 radical (unpaired) electrons. The monoisotopic (exact) mass is 385 g/mol. The minimum absolute atomic E-state index is 0.159. The lowest BCUT2D eigenvalue weighted by molar-refractivity contribution is -0.145. The van der Waals surface area contributed by atoms with Crippen LogP contribution in [0.2, 0.25) is 0 Å². The predicted molar refractivity (Wildman–Crippen MR) is 106 cm³/mol. The normalized spacial score (nSPS) is 22.4. The number of hydrogen-bond donors (Lipinski definition) is 2. The molecule has 1 aliphatic rings. The van der Waals surface area contributed by atoms with Crippen LogP contribution < -0.4 is 10.9 Å². The van der Waals surface area contributed by atoms with Gasteiger partial charge in [-0.1, -0.05) is 44.9 Å². The fourth-order valence-electron chi connectivity index (χ4n) is 4.07. The van der Waals surface area contributed by atoms with Crippen molar-refractivity contribution in [1.29, 1.82) is 0 Å². The molecule has 150 valence electrons. The number of fused-ring (bicyclic) bond motifs is 1. The van der Waals surface area contributed by atoms with Crippen molar-refractivity contribution >= 4 is 22.6 Å². The number of hydrogen-bond acceptors (Lipinski definition) is 4. The van der Waals surface area contributed by atoms with Crippen LogP contribution in [0, 0.1) is 11.8 Å². The van der Waals surface area contributed by atoms with Gasteiger partial charge in [0.1, 0.15) is 0 Å². The van der Waals surface area contributed by atoms with Gasteiger partial charge >= 0.3 is 5.97 Å². The average molecular weight is 385 g/mol. The molecule has 7 nitrogen and oxygen atoms in total. The standard InChI is InChI=1S/C21H27N3O4/c1-13(2)12-24-19(26)15-9-5-4-8-14(15)17(23-24)18(25)22-21(3)11-7-6-10-16(21)20(27)28/h4-5,8-9,13,16H,6-7,10-12H2,1-3H3,(H,22,25)(H,27,28). The van der Waals surface area contributed by atoms with Gasteiger partial charge in [-0.25, -0.2) is 4.68 Å². The highest BCUT2D eigenvalue weighted by Crippen LogP contribution is 2.34. The van der Waals surface area contributed by atoms with E-state index >= 15 is 0 Å². The van der Waals surface area contributed by atoms with Crippen LogP contribution in [0.4, 0.5) is 0 Å². The smallest absolute Gasteiger partial charge is 0.308 e. The van der Waals surface area contributed by atoms with E-state index in [4.69, 9.17) is 0 Å². The number of nitrogens with zero attached hydrogens (tertiary/aromatic N) is 2. The van der Waals surface area contributed by atoms with Crippen LogP contribution in [-0.2, 0) is 11.3 Å². The van der Waals surface area contributed by atoms with Crippen LogP contribution in [0.25, 0.3) is 10.8 Å². The molecule has 28 heavy (non-hydrogen) atoms. The predicted octanol–water partition coefficient (Wildman–Crippen LogP) is 2.82. The van der Waals surface area contributed by atoms with E-state index in [0.29, 0.717) is 30.2 Å². The second-order valence-electron chi connectivity index (χ2n) is 8.28. The molecule has 3 rings (SSSR count). The van der Waals surface area contributed by atoms with Crippen molar-refractivity contribution in [3.05, 3.63) is 40.3 Å². The van der Waals surface area contributed by atoms with Gasteiger partial charge in [0.05, 0.1) is 16.8 Å². The van der Waals surface area contributed by atoms with E-state index in [9.17, 15) is 19.5 Å². The van der Waals surface area contributed by atoms with Gasteiger partial charge < -0.3 is 10.4 Å². The Morgan fingerprint density at radius 3 is 2.61 bits per heavy atom. The number of amides is 1. The van der Waals surface area contributed by atoms with Crippen molar-refractivity contribution in [2.45, 2.75) is 58.5 Å². The van der Waals surface area contributed by atoms with E-state index in [1.165, 1.54) is 4.68 Å². The highest BCUT2D eigenvalue weighted by Gasteiger charge is 2.42. The summed E-state index contributed by atoms with van der Waals surface area (Å²) in [6, 6.07) is 6.91. The molecule has 1 amide bonds. The Morgan fingerprint density at radius 1 is 1.29 bits per heavy atom. The first kappa shape index (κ1) is 20.0. The summed E-state index contributed by atoms with van der Waals surface area (Å²) in [5.74, 6) is -1.79. The Morgan fingerprint density at radius 2 is 1.96 bits per heavy atom. The maximum Gasteiger partial charge on any atom is 0.308 e. The summed E-state index contributed by atoms with van der Waals surface area (Å²) >= 11 is 0. The molecule has 1 aromatic heterocycles. The number of aromatic nitrogens is 2. The van der Waals surface area contributed by atoms with E-state index in [1.54, 1.807) is 31.2 Å². The molecule has 1 aliphatic carbocycles. The molecule has 2 atom stereocenters. The van der Waals surface area contributed by atoms with Gasteiger partial charge in [0.2, 0.25) is 0 Å². The molecule has 2 N–H and O–H groups in total. The van der Waals surface area contributed by atoms with Crippen LogP contribution in [-0.4, -0.2) is 32.3 Å². The SMILES string of the molecule is CC(C)Cn1nc(C(=O)NC2(C)CCCCC2C(=O)O)c2ccccc2c1=O. The lowest BCUT2D eigenvalue weighted by Gasteiger charge is -2.39. The van der Waals surface area contributed by atoms with Gasteiger partial charge in [0.25, 0.3) is 11.5 Å². The van der Waals surface area contributed by atoms with Gasteiger partial charge in [-0.3, -0.25) is 14.4 Å². The van der Waals surface area contributed by atoms with E-state index in [2.05, 4.69) is 10.4 Å². The lowest BCUT2D eigenvalue weighted by atomic mass is 9.74. The van der Waals surface area contributed by atoms with Crippen molar-refractivity contribution in [2.24, 2.45) is 11.8 Å². The lowest BCUT2D eigenvalue weighted by Crippen LogP contribution is -2.55. The third-order valence-electron chi connectivity index (χ3n) is 5.53. The van der Waals surface area contributed by atoms with Gasteiger partial charge in [0, 0.05) is 11.9 Å². The summed E-state index contributed by atoms with van der Waals surface area (Å²) in [7, 11) is 0. The summed E-state index contributed by atoms with van der Waals surface area (Å²) in [6.07, 6.45) is 2.83. The maximum atomic E-state index is 13.2. The van der Waals surface area contributed by atoms with Crippen molar-refractivity contribution in [2.75, 3.05) is 0 Å². The molecule has 1 aromatic carbocycles. The van der Waals surface area contributed by atoms with E-state index in [-0.39, 0.29) is 17.2 Å². The number of carbonyl (C=O) groups excluding carboxylic acids is 1. The Kier molecular flexibility index (Phi) is 5.54. The summed E-state index contributed by atoms with van der Waals surface area (Å²) in [5.41, 5.74) is -0.914.